The molecule has 0 N–H and O–H groups in total. The predicted octanol–water partition coefficient (Wildman–Crippen LogP) is 2.14. The molecule has 1 aromatic heterocycles. The SMILES string of the molecule is Cc1cc(C2CCOCC2)nc(CCC#N)n1. The lowest BCUT2D eigenvalue weighted by Crippen LogP contribution is -2.16. The Labute approximate surface area is 102 Å². The molecule has 1 aliphatic heterocycles. The van der Waals surface area contributed by atoms with Gasteiger partial charge in [0.2, 0.25) is 0 Å². The Kier molecular flexibility index (Phi) is 4.05. The van der Waals surface area contributed by atoms with Crippen LogP contribution in [0.2, 0.25) is 0 Å². The first-order valence-electron chi connectivity index (χ1n) is 6.09. The Bertz CT molecular complexity index is 419. The highest BCUT2D eigenvalue weighted by Crippen LogP contribution is 2.25. The Morgan fingerprint density at radius 2 is 2.18 bits per heavy atom. The van der Waals surface area contributed by atoms with Gasteiger partial charge in [-0.1, -0.05) is 0 Å². The van der Waals surface area contributed by atoms with E-state index in [0.29, 0.717) is 18.8 Å². The molecule has 4 heteroatoms. The summed E-state index contributed by atoms with van der Waals surface area (Å²) in [6.45, 7) is 3.63. The fourth-order valence-corrected chi connectivity index (χ4v) is 2.14. The molecular weight excluding hydrogens is 214 g/mol. The van der Waals surface area contributed by atoms with E-state index in [1.807, 2.05) is 6.92 Å². The minimum absolute atomic E-state index is 0.483. The summed E-state index contributed by atoms with van der Waals surface area (Å²) in [5.41, 5.74) is 2.11. The molecule has 0 aromatic carbocycles. The van der Waals surface area contributed by atoms with Gasteiger partial charge in [-0.15, -0.1) is 0 Å². The minimum Gasteiger partial charge on any atom is -0.381 e. The zero-order valence-electron chi connectivity index (χ0n) is 10.1. The Morgan fingerprint density at radius 1 is 1.41 bits per heavy atom. The predicted molar refractivity (Wildman–Crippen MR) is 63.5 cm³/mol. The van der Waals surface area contributed by atoms with Crippen molar-refractivity contribution in [1.29, 1.82) is 5.26 Å². The molecule has 0 unspecified atom stereocenters. The van der Waals surface area contributed by atoms with Crippen molar-refractivity contribution >= 4 is 0 Å². The summed E-state index contributed by atoms with van der Waals surface area (Å²) >= 11 is 0. The molecule has 0 atom stereocenters. The summed E-state index contributed by atoms with van der Waals surface area (Å²) in [5, 5.41) is 8.59. The van der Waals surface area contributed by atoms with E-state index in [0.717, 1.165) is 43.3 Å². The Morgan fingerprint density at radius 3 is 2.88 bits per heavy atom. The first-order chi connectivity index (χ1) is 8.29. The number of ether oxygens (including phenoxy) is 1. The summed E-state index contributed by atoms with van der Waals surface area (Å²) in [7, 11) is 0. The van der Waals surface area contributed by atoms with E-state index in [1.165, 1.54) is 0 Å². The van der Waals surface area contributed by atoms with Gasteiger partial charge in [0.05, 0.1) is 6.07 Å². The highest BCUT2D eigenvalue weighted by Gasteiger charge is 2.18. The van der Waals surface area contributed by atoms with Gasteiger partial charge in [0.25, 0.3) is 0 Å². The highest BCUT2D eigenvalue weighted by atomic mass is 16.5. The highest BCUT2D eigenvalue weighted by molar-refractivity contribution is 5.15. The van der Waals surface area contributed by atoms with E-state index in [2.05, 4.69) is 22.1 Å². The summed E-state index contributed by atoms with van der Waals surface area (Å²) in [4.78, 5) is 8.95. The van der Waals surface area contributed by atoms with Gasteiger partial charge in [-0.25, -0.2) is 9.97 Å². The van der Waals surface area contributed by atoms with Crippen molar-refractivity contribution in [2.75, 3.05) is 13.2 Å². The number of nitriles is 1. The second-order valence-electron chi connectivity index (χ2n) is 4.40. The van der Waals surface area contributed by atoms with Crippen molar-refractivity contribution in [2.45, 2.75) is 38.5 Å². The van der Waals surface area contributed by atoms with E-state index in [-0.39, 0.29) is 0 Å². The number of aryl methyl sites for hydroxylation is 2. The van der Waals surface area contributed by atoms with Crippen LogP contribution in [0.15, 0.2) is 6.07 Å². The maximum absolute atomic E-state index is 8.59. The summed E-state index contributed by atoms with van der Waals surface area (Å²) in [6.07, 6.45) is 3.20. The van der Waals surface area contributed by atoms with Crippen molar-refractivity contribution in [3.8, 4) is 6.07 Å². The lowest BCUT2D eigenvalue weighted by molar-refractivity contribution is 0.0844. The second-order valence-corrected chi connectivity index (χ2v) is 4.40. The van der Waals surface area contributed by atoms with Gasteiger partial charge in [0.15, 0.2) is 0 Å². The number of hydrogen-bond acceptors (Lipinski definition) is 4. The van der Waals surface area contributed by atoms with Crippen LogP contribution in [-0.4, -0.2) is 23.2 Å². The third kappa shape index (κ3) is 3.24. The maximum Gasteiger partial charge on any atom is 0.129 e. The van der Waals surface area contributed by atoms with Crippen LogP contribution in [0.1, 0.15) is 42.4 Å². The molecule has 1 aliphatic rings. The first kappa shape index (κ1) is 12.0. The molecular formula is C13H17N3O. The van der Waals surface area contributed by atoms with Crippen LogP contribution >= 0.6 is 0 Å². The smallest absolute Gasteiger partial charge is 0.129 e. The molecule has 4 nitrogen and oxygen atoms in total. The largest absolute Gasteiger partial charge is 0.381 e. The summed E-state index contributed by atoms with van der Waals surface area (Å²) in [5.74, 6) is 1.29. The molecule has 0 saturated carbocycles. The zero-order chi connectivity index (χ0) is 12.1. The molecule has 0 radical (unpaired) electrons. The van der Waals surface area contributed by atoms with Crippen LogP contribution in [0.3, 0.4) is 0 Å². The molecule has 1 aromatic rings. The van der Waals surface area contributed by atoms with Gasteiger partial charge in [0.1, 0.15) is 5.82 Å². The topological polar surface area (TPSA) is 58.8 Å². The third-order valence-electron chi connectivity index (χ3n) is 3.02. The molecule has 17 heavy (non-hydrogen) atoms. The monoisotopic (exact) mass is 231 g/mol. The summed E-state index contributed by atoms with van der Waals surface area (Å²) < 4.78 is 5.36. The Balaban J connectivity index is 2.15. The normalized spacial score (nSPS) is 16.7. The van der Waals surface area contributed by atoms with Crippen LogP contribution in [0.5, 0.6) is 0 Å². The lowest BCUT2D eigenvalue weighted by Gasteiger charge is -2.22. The van der Waals surface area contributed by atoms with Crippen LogP contribution < -0.4 is 0 Å². The van der Waals surface area contributed by atoms with Crippen molar-refractivity contribution < 1.29 is 4.74 Å². The number of rotatable bonds is 3. The molecule has 2 rings (SSSR count). The van der Waals surface area contributed by atoms with Gasteiger partial charge in [0, 0.05) is 43.4 Å². The average molecular weight is 231 g/mol. The molecule has 0 bridgehead atoms. The molecule has 0 amide bonds. The van der Waals surface area contributed by atoms with Gasteiger partial charge >= 0.3 is 0 Å². The van der Waals surface area contributed by atoms with Crippen molar-refractivity contribution in [3.63, 3.8) is 0 Å². The number of nitrogens with zero attached hydrogens (tertiary/aromatic N) is 3. The molecule has 90 valence electrons. The van der Waals surface area contributed by atoms with Crippen molar-refractivity contribution in [2.24, 2.45) is 0 Å². The average Bonchev–Trinajstić information content (AvgIpc) is 2.37. The second kappa shape index (κ2) is 5.74. The Hall–Kier alpha value is -1.47. The molecule has 0 aliphatic carbocycles. The van der Waals surface area contributed by atoms with Gasteiger partial charge < -0.3 is 4.74 Å². The minimum atomic E-state index is 0.483. The lowest BCUT2D eigenvalue weighted by atomic mass is 9.96. The fraction of sp³-hybridized carbons (Fsp3) is 0.615. The van der Waals surface area contributed by atoms with Crippen molar-refractivity contribution in [1.82, 2.24) is 9.97 Å². The zero-order valence-corrected chi connectivity index (χ0v) is 10.1. The van der Waals surface area contributed by atoms with Crippen molar-refractivity contribution in [3.05, 3.63) is 23.3 Å². The van der Waals surface area contributed by atoms with Gasteiger partial charge in [-0.2, -0.15) is 5.26 Å². The molecule has 1 saturated heterocycles. The number of aromatic nitrogens is 2. The first-order valence-corrected chi connectivity index (χ1v) is 6.09. The standard InChI is InChI=1S/C13H17N3O/c1-10-9-12(11-4-7-17-8-5-11)16-13(15-10)3-2-6-14/h9,11H,2-5,7-8H2,1H3. The van der Waals surface area contributed by atoms with Crippen LogP contribution in [-0.2, 0) is 11.2 Å². The van der Waals surface area contributed by atoms with E-state index < -0.39 is 0 Å². The molecule has 0 spiro atoms. The summed E-state index contributed by atoms with van der Waals surface area (Å²) in [6, 6.07) is 4.20. The van der Waals surface area contributed by atoms with Gasteiger partial charge in [-0.3, -0.25) is 0 Å². The quantitative estimate of drug-likeness (QED) is 0.799. The van der Waals surface area contributed by atoms with E-state index in [1.54, 1.807) is 0 Å². The fourth-order valence-electron chi connectivity index (χ4n) is 2.14. The van der Waals surface area contributed by atoms with Crippen LogP contribution in [0.25, 0.3) is 0 Å². The molecule has 2 heterocycles. The van der Waals surface area contributed by atoms with E-state index in [9.17, 15) is 0 Å². The van der Waals surface area contributed by atoms with Gasteiger partial charge in [-0.05, 0) is 25.8 Å². The van der Waals surface area contributed by atoms with E-state index >= 15 is 0 Å². The third-order valence-corrected chi connectivity index (χ3v) is 3.02. The number of hydrogen-bond donors (Lipinski definition) is 0. The van der Waals surface area contributed by atoms with Crippen LogP contribution in [0.4, 0.5) is 0 Å². The van der Waals surface area contributed by atoms with Crippen LogP contribution in [0, 0.1) is 18.3 Å². The van der Waals surface area contributed by atoms with E-state index in [4.69, 9.17) is 10.00 Å². The molecule has 1 fully saturated rings. The maximum atomic E-state index is 8.59.